The Morgan fingerprint density at radius 3 is 2.82 bits per heavy atom. The summed E-state index contributed by atoms with van der Waals surface area (Å²) in [6, 6.07) is 0. The normalized spacial score (nSPS) is 19.6. The van der Waals surface area contributed by atoms with Crippen molar-refractivity contribution in [1.29, 1.82) is 0 Å². The number of hydrogen-bond donors (Lipinski definition) is 2. The Hall–Kier alpha value is -1.96. The highest BCUT2D eigenvalue weighted by Gasteiger charge is 2.24. The highest BCUT2D eigenvalue weighted by Crippen LogP contribution is 2.09. The van der Waals surface area contributed by atoms with Crippen LogP contribution in [-0.2, 0) is 11.3 Å². The maximum absolute atomic E-state index is 11.7. The van der Waals surface area contributed by atoms with Gasteiger partial charge in [-0.15, -0.1) is 5.10 Å². The summed E-state index contributed by atoms with van der Waals surface area (Å²) in [6.45, 7) is 0.771. The summed E-state index contributed by atoms with van der Waals surface area (Å²) >= 11 is 0. The fourth-order valence-corrected chi connectivity index (χ4v) is 1.68. The lowest BCUT2D eigenvalue weighted by Gasteiger charge is -2.14. The molecular formula is C9H12N4O4. The van der Waals surface area contributed by atoms with Crippen molar-refractivity contribution < 1.29 is 19.8 Å². The zero-order chi connectivity index (χ0) is 12.4. The van der Waals surface area contributed by atoms with Gasteiger partial charge < -0.3 is 15.1 Å². The number of hydrogen-bond acceptors (Lipinski definition) is 5. The van der Waals surface area contributed by atoms with Crippen molar-refractivity contribution in [3.05, 3.63) is 11.9 Å². The third-order valence-electron chi connectivity index (χ3n) is 2.57. The molecule has 1 aromatic heterocycles. The molecule has 1 fully saturated rings. The fourth-order valence-electron chi connectivity index (χ4n) is 1.68. The number of carboxylic acid groups (broad SMARTS) is 1. The number of aromatic nitrogens is 3. The molecule has 0 bridgehead atoms. The van der Waals surface area contributed by atoms with Gasteiger partial charge in [-0.1, -0.05) is 5.21 Å². The van der Waals surface area contributed by atoms with Crippen LogP contribution in [0.3, 0.4) is 0 Å². The van der Waals surface area contributed by atoms with Crippen LogP contribution >= 0.6 is 0 Å². The Labute approximate surface area is 96.4 Å². The highest BCUT2D eigenvalue weighted by atomic mass is 16.4. The Morgan fingerprint density at radius 1 is 1.53 bits per heavy atom. The van der Waals surface area contributed by atoms with Crippen molar-refractivity contribution in [3.8, 4) is 0 Å². The molecule has 1 saturated heterocycles. The summed E-state index contributed by atoms with van der Waals surface area (Å²) < 4.78 is 1.18. The largest absolute Gasteiger partial charge is 0.476 e. The molecule has 8 nitrogen and oxygen atoms in total. The molecule has 1 aliphatic heterocycles. The van der Waals surface area contributed by atoms with E-state index in [4.69, 9.17) is 5.11 Å². The zero-order valence-electron chi connectivity index (χ0n) is 8.98. The summed E-state index contributed by atoms with van der Waals surface area (Å²) in [5.74, 6) is -1.39. The number of aromatic carboxylic acids is 1. The first-order valence-corrected chi connectivity index (χ1v) is 5.15. The lowest BCUT2D eigenvalue weighted by Crippen LogP contribution is -2.32. The molecule has 2 N–H and O–H groups in total. The molecule has 8 heteroatoms. The Morgan fingerprint density at radius 2 is 2.29 bits per heavy atom. The third-order valence-corrected chi connectivity index (χ3v) is 2.57. The molecule has 92 valence electrons. The van der Waals surface area contributed by atoms with Crippen LogP contribution in [0, 0.1) is 0 Å². The summed E-state index contributed by atoms with van der Waals surface area (Å²) in [7, 11) is 0. The van der Waals surface area contributed by atoms with Crippen molar-refractivity contribution in [2.75, 3.05) is 13.1 Å². The van der Waals surface area contributed by atoms with Crippen LogP contribution in [0.25, 0.3) is 0 Å². The van der Waals surface area contributed by atoms with Crippen molar-refractivity contribution in [3.63, 3.8) is 0 Å². The summed E-state index contributed by atoms with van der Waals surface area (Å²) in [4.78, 5) is 23.8. The maximum Gasteiger partial charge on any atom is 0.358 e. The molecule has 1 aromatic rings. The van der Waals surface area contributed by atoms with Gasteiger partial charge in [0.2, 0.25) is 5.91 Å². The van der Waals surface area contributed by atoms with Gasteiger partial charge in [-0.2, -0.15) is 0 Å². The predicted molar refractivity (Wildman–Crippen MR) is 54.2 cm³/mol. The van der Waals surface area contributed by atoms with Gasteiger partial charge in [0, 0.05) is 13.1 Å². The molecule has 1 atom stereocenters. The van der Waals surface area contributed by atoms with Crippen LogP contribution < -0.4 is 0 Å². The molecule has 0 aliphatic carbocycles. The van der Waals surface area contributed by atoms with Gasteiger partial charge in [0.25, 0.3) is 0 Å². The van der Waals surface area contributed by atoms with Crippen molar-refractivity contribution in [2.45, 2.75) is 19.1 Å². The lowest BCUT2D eigenvalue weighted by molar-refractivity contribution is -0.131. The quantitative estimate of drug-likeness (QED) is 0.670. The summed E-state index contributed by atoms with van der Waals surface area (Å²) in [5.41, 5.74) is -0.195. The van der Waals surface area contributed by atoms with Crippen LogP contribution in [-0.4, -0.2) is 61.2 Å². The highest BCUT2D eigenvalue weighted by molar-refractivity contribution is 5.84. The topological polar surface area (TPSA) is 109 Å². The van der Waals surface area contributed by atoms with Crippen LogP contribution in [0.15, 0.2) is 6.20 Å². The number of aliphatic hydroxyl groups is 1. The third kappa shape index (κ3) is 2.59. The number of rotatable bonds is 3. The van der Waals surface area contributed by atoms with E-state index in [9.17, 15) is 14.7 Å². The molecule has 1 unspecified atom stereocenters. The summed E-state index contributed by atoms with van der Waals surface area (Å²) in [5, 5.41) is 24.9. The van der Waals surface area contributed by atoms with Crippen LogP contribution in [0.4, 0.5) is 0 Å². The van der Waals surface area contributed by atoms with Gasteiger partial charge in [0.05, 0.1) is 12.3 Å². The minimum absolute atomic E-state index is 0.0625. The van der Waals surface area contributed by atoms with Crippen LogP contribution in [0.1, 0.15) is 16.9 Å². The number of carbonyl (C=O) groups is 2. The molecule has 2 heterocycles. The van der Waals surface area contributed by atoms with E-state index in [0.717, 1.165) is 0 Å². The van der Waals surface area contributed by atoms with Crippen molar-refractivity contribution >= 4 is 11.9 Å². The van der Waals surface area contributed by atoms with Gasteiger partial charge in [-0.25, -0.2) is 9.48 Å². The van der Waals surface area contributed by atoms with Crippen molar-refractivity contribution in [1.82, 2.24) is 19.9 Å². The van der Waals surface area contributed by atoms with Gasteiger partial charge in [0.1, 0.15) is 6.54 Å². The van der Waals surface area contributed by atoms with Gasteiger partial charge in [-0.3, -0.25) is 4.79 Å². The van der Waals surface area contributed by atoms with Crippen LogP contribution in [0.2, 0.25) is 0 Å². The van der Waals surface area contributed by atoms with Gasteiger partial charge in [-0.05, 0) is 6.42 Å². The molecule has 0 radical (unpaired) electrons. The van der Waals surface area contributed by atoms with Crippen LogP contribution in [0.5, 0.6) is 0 Å². The number of β-amino-alcohol motifs (C(OH)–C–C–N with tert-alkyl or cyclic N) is 1. The molecule has 1 aliphatic rings. The molecule has 2 rings (SSSR count). The minimum Gasteiger partial charge on any atom is -0.476 e. The second kappa shape index (κ2) is 4.50. The molecule has 17 heavy (non-hydrogen) atoms. The maximum atomic E-state index is 11.7. The first kappa shape index (κ1) is 11.5. The van der Waals surface area contributed by atoms with E-state index in [-0.39, 0.29) is 18.1 Å². The Bertz CT molecular complexity index is 444. The number of amides is 1. The first-order valence-electron chi connectivity index (χ1n) is 5.15. The minimum atomic E-state index is -1.18. The smallest absolute Gasteiger partial charge is 0.358 e. The molecule has 1 amide bonds. The second-order valence-corrected chi connectivity index (χ2v) is 3.89. The number of likely N-dealkylation sites (tertiary alicyclic amines) is 1. The van der Waals surface area contributed by atoms with E-state index in [1.54, 1.807) is 0 Å². The van der Waals surface area contributed by atoms with E-state index in [1.165, 1.54) is 15.8 Å². The molecule has 0 saturated carbocycles. The Balaban J connectivity index is 1.96. The first-order chi connectivity index (χ1) is 8.06. The van der Waals surface area contributed by atoms with E-state index in [0.29, 0.717) is 19.5 Å². The molecule has 0 aromatic carbocycles. The molecular weight excluding hydrogens is 228 g/mol. The zero-order valence-corrected chi connectivity index (χ0v) is 8.98. The van der Waals surface area contributed by atoms with Crippen molar-refractivity contribution in [2.24, 2.45) is 0 Å². The van der Waals surface area contributed by atoms with E-state index in [1.807, 2.05) is 0 Å². The average molecular weight is 240 g/mol. The average Bonchev–Trinajstić information content (AvgIpc) is 2.86. The lowest BCUT2D eigenvalue weighted by atomic mass is 10.3. The monoisotopic (exact) mass is 240 g/mol. The van der Waals surface area contributed by atoms with E-state index >= 15 is 0 Å². The second-order valence-electron chi connectivity index (χ2n) is 3.89. The van der Waals surface area contributed by atoms with Gasteiger partial charge >= 0.3 is 5.97 Å². The number of carboxylic acids is 1. The van der Waals surface area contributed by atoms with E-state index in [2.05, 4.69) is 10.3 Å². The van der Waals surface area contributed by atoms with Gasteiger partial charge in [0.15, 0.2) is 5.69 Å². The standard InChI is InChI=1S/C9H12N4O4/c14-6-1-2-12(3-6)8(15)5-13-4-7(9(16)17)10-11-13/h4,6,14H,1-3,5H2,(H,16,17). The molecule has 0 spiro atoms. The predicted octanol–water partition coefficient (Wildman–Crippen LogP) is -1.43. The Kier molecular flexibility index (Phi) is 3.05. The number of nitrogens with zero attached hydrogens (tertiary/aromatic N) is 4. The SMILES string of the molecule is O=C(O)c1cn(CC(=O)N2CCC(O)C2)nn1. The number of carbonyl (C=O) groups excluding carboxylic acids is 1. The fraction of sp³-hybridized carbons (Fsp3) is 0.556. The van der Waals surface area contributed by atoms with E-state index < -0.39 is 12.1 Å². The number of aliphatic hydroxyl groups excluding tert-OH is 1. The summed E-state index contributed by atoms with van der Waals surface area (Å²) in [6.07, 6.45) is 1.31.